The Balaban J connectivity index is 1.95. The smallest absolute Gasteiger partial charge is 0.355 e. The van der Waals surface area contributed by atoms with Crippen LogP contribution in [0, 0.1) is 0 Å². The van der Waals surface area contributed by atoms with Gasteiger partial charge in [-0.15, -0.1) is 0 Å². The van der Waals surface area contributed by atoms with E-state index < -0.39 is 11.9 Å². The van der Waals surface area contributed by atoms with Crippen molar-refractivity contribution >= 4 is 33.6 Å². The molecule has 0 saturated heterocycles. The predicted octanol–water partition coefficient (Wildman–Crippen LogP) is 3.18. The van der Waals surface area contributed by atoms with Gasteiger partial charge in [0.2, 0.25) is 0 Å². The maximum absolute atomic E-state index is 12.4. The van der Waals surface area contributed by atoms with Crippen LogP contribution in [0.3, 0.4) is 0 Å². The summed E-state index contributed by atoms with van der Waals surface area (Å²) in [5.41, 5.74) is 1.94. The van der Waals surface area contributed by atoms with Gasteiger partial charge in [0.1, 0.15) is 5.70 Å². The fraction of sp³-hybridized carbons (Fsp3) is 0.150. The lowest BCUT2D eigenvalue weighted by molar-refractivity contribution is -0.139. The number of hydrogen-bond donors (Lipinski definition) is 0. The van der Waals surface area contributed by atoms with Crippen LogP contribution < -0.4 is 4.90 Å². The summed E-state index contributed by atoms with van der Waals surface area (Å²) >= 11 is 3.38. The highest BCUT2D eigenvalue weighted by Crippen LogP contribution is 2.26. The molecule has 1 aromatic heterocycles. The Bertz CT molecular complexity index is 974. The zero-order valence-electron chi connectivity index (χ0n) is 15.3. The first-order valence-corrected chi connectivity index (χ1v) is 9.14. The molecule has 7 nitrogen and oxygen atoms in total. The van der Waals surface area contributed by atoms with Gasteiger partial charge in [-0.05, 0) is 45.8 Å². The molecule has 0 aliphatic carbocycles. The topological polar surface area (TPSA) is 73.7 Å². The van der Waals surface area contributed by atoms with Crippen molar-refractivity contribution in [3.63, 3.8) is 0 Å². The zero-order chi connectivity index (χ0) is 20.1. The lowest BCUT2D eigenvalue weighted by Gasteiger charge is -2.23. The first-order chi connectivity index (χ1) is 13.5. The lowest BCUT2D eigenvalue weighted by Crippen LogP contribution is -2.26. The van der Waals surface area contributed by atoms with Crippen molar-refractivity contribution in [3.05, 3.63) is 82.4 Å². The van der Waals surface area contributed by atoms with Crippen LogP contribution in [0.25, 0.3) is 0 Å². The van der Waals surface area contributed by atoms with E-state index in [4.69, 9.17) is 9.47 Å². The molecule has 0 saturated carbocycles. The summed E-state index contributed by atoms with van der Waals surface area (Å²) < 4.78 is 12.4. The van der Waals surface area contributed by atoms with Crippen LogP contribution in [0.5, 0.6) is 0 Å². The summed E-state index contributed by atoms with van der Waals surface area (Å²) in [4.78, 5) is 26.2. The number of rotatable bonds is 5. The molecule has 0 spiro atoms. The van der Waals surface area contributed by atoms with Crippen LogP contribution in [-0.2, 0) is 25.6 Å². The number of anilines is 1. The summed E-state index contributed by atoms with van der Waals surface area (Å²) in [6.45, 7) is 0.608. The van der Waals surface area contributed by atoms with Crippen molar-refractivity contribution in [2.75, 3.05) is 19.1 Å². The number of ether oxygens (including phenoxy) is 2. The van der Waals surface area contributed by atoms with Gasteiger partial charge in [0, 0.05) is 18.1 Å². The molecule has 28 heavy (non-hydrogen) atoms. The summed E-state index contributed by atoms with van der Waals surface area (Å²) in [6.07, 6.45) is 10.2. The van der Waals surface area contributed by atoms with Crippen molar-refractivity contribution in [2.45, 2.75) is 6.54 Å². The number of carbonyl (C=O) groups excluding carboxylic acids is 2. The molecule has 144 valence electrons. The quantitative estimate of drug-likeness (QED) is 0.660. The second-order valence-corrected chi connectivity index (χ2v) is 6.75. The van der Waals surface area contributed by atoms with Crippen LogP contribution in [0.4, 0.5) is 5.69 Å². The van der Waals surface area contributed by atoms with E-state index in [0.29, 0.717) is 12.2 Å². The molecule has 8 heteroatoms. The Kier molecular flexibility index (Phi) is 6.10. The van der Waals surface area contributed by atoms with Crippen LogP contribution in [0.2, 0.25) is 0 Å². The van der Waals surface area contributed by atoms with E-state index in [0.717, 1.165) is 10.0 Å². The van der Waals surface area contributed by atoms with Crippen LogP contribution in [0.15, 0.2) is 76.8 Å². The number of aromatic nitrogens is 2. The van der Waals surface area contributed by atoms with E-state index in [-0.39, 0.29) is 11.3 Å². The molecular formula is C20H18BrN3O4. The summed E-state index contributed by atoms with van der Waals surface area (Å²) in [6, 6.07) is 7.59. The van der Waals surface area contributed by atoms with E-state index in [1.54, 1.807) is 29.4 Å². The number of allylic oxidation sites excluding steroid dienone is 2. The van der Waals surface area contributed by atoms with Gasteiger partial charge in [-0.3, -0.25) is 4.68 Å². The summed E-state index contributed by atoms with van der Waals surface area (Å²) in [5, 5.41) is 4.24. The average molecular weight is 444 g/mol. The Morgan fingerprint density at radius 2 is 1.79 bits per heavy atom. The molecule has 0 bridgehead atoms. The zero-order valence-corrected chi connectivity index (χ0v) is 16.9. The third-order valence-corrected chi connectivity index (χ3v) is 4.46. The molecule has 0 atom stereocenters. The minimum Gasteiger partial charge on any atom is -0.465 e. The average Bonchev–Trinajstić information content (AvgIpc) is 2.99. The molecule has 0 N–H and O–H groups in total. The van der Waals surface area contributed by atoms with Gasteiger partial charge in [-0.25, -0.2) is 9.59 Å². The van der Waals surface area contributed by atoms with Gasteiger partial charge >= 0.3 is 11.9 Å². The van der Waals surface area contributed by atoms with Crippen LogP contribution >= 0.6 is 15.9 Å². The van der Waals surface area contributed by atoms with Crippen LogP contribution in [0.1, 0.15) is 5.56 Å². The molecule has 0 fully saturated rings. The molecule has 2 heterocycles. The summed E-state index contributed by atoms with van der Waals surface area (Å²) in [5.74, 6) is -1.26. The summed E-state index contributed by atoms with van der Waals surface area (Å²) in [7, 11) is 2.54. The third-order valence-electron chi connectivity index (χ3n) is 4.05. The monoisotopic (exact) mass is 443 g/mol. The minimum absolute atomic E-state index is 0.0862. The van der Waals surface area contributed by atoms with Gasteiger partial charge < -0.3 is 14.4 Å². The molecular weight excluding hydrogens is 426 g/mol. The number of halogens is 1. The number of nitrogens with zero attached hydrogens (tertiary/aromatic N) is 3. The van der Waals surface area contributed by atoms with Crippen molar-refractivity contribution in [2.24, 2.45) is 0 Å². The molecule has 1 aliphatic rings. The molecule has 0 unspecified atom stereocenters. The van der Waals surface area contributed by atoms with Gasteiger partial charge in [0.25, 0.3) is 0 Å². The number of methoxy groups -OCH3 is 2. The van der Waals surface area contributed by atoms with Gasteiger partial charge in [-0.2, -0.15) is 5.10 Å². The van der Waals surface area contributed by atoms with Gasteiger partial charge in [0.05, 0.1) is 37.0 Å². The van der Waals surface area contributed by atoms with Crippen molar-refractivity contribution in [1.29, 1.82) is 0 Å². The number of carbonyl (C=O) groups is 2. The largest absolute Gasteiger partial charge is 0.465 e. The second kappa shape index (κ2) is 8.71. The van der Waals surface area contributed by atoms with E-state index in [1.807, 2.05) is 35.1 Å². The molecule has 0 amide bonds. The highest BCUT2D eigenvalue weighted by atomic mass is 79.9. The highest BCUT2D eigenvalue weighted by Gasteiger charge is 2.27. The van der Waals surface area contributed by atoms with Crippen molar-refractivity contribution in [3.8, 4) is 0 Å². The Morgan fingerprint density at radius 3 is 2.39 bits per heavy atom. The van der Waals surface area contributed by atoms with E-state index in [9.17, 15) is 9.59 Å². The number of benzene rings is 1. The van der Waals surface area contributed by atoms with Crippen molar-refractivity contribution < 1.29 is 19.1 Å². The van der Waals surface area contributed by atoms with E-state index in [2.05, 4.69) is 21.0 Å². The van der Waals surface area contributed by atoms with Crippen molar-refractivity contribution in [1.82, 2.24) is 9.78 Å². The third kappa shape index (κ3) is 4.23. The first-order valence-electron chi connectivity index (χ1n) is 8.35. The fourth-order valence-corrected chi connectivity index (χ4v) is 3.07. The normalized spacial score (nSPS) is 13.5. The Morgan fingerprint density at radius 1 is 1.07 bits per heavy atom. The van der Waals surface area contributed by atoms with Gasteiger partial charge in [-0.1, -0.05) is 18.2 Å². The number of hydrogen-bond acceptors (Lipinski definition) is 6. The molecule has 0 radical (unpaired) electrons. The van der Waals surface area contributed by atoms with E-state index >= 15 is 0 Å². The fourth-order valence-electron chi connectivity index (χ4n) is 2.74. The molecule has 1 aromatic carbocycles. The van der Waals surface area contributed by atoms with Crippen LogP contribution in [-0.4, -0.2) is 35.9 Å². The minimum atomic E-state index is -0.637. The Hall–Kier alpha value is -3.13. The first kappa shape index (κ1) is 19.6. The predicted molar refractivity (Wildman–Crippen MR) is 107 cm³/mol. The Labute approximate surface area is 170 Å². The molecule has 3 rings (SSSR count). The molecule has 1 aliphatic heterocycles. The van der Waals surface area contributed by atoms with Gasteiger partial charge in [0.15, 0.2) is 0 Å². The number of esters is 2. The second-order valence-electron chi connectivity index (χ2n) is 5.84. The lowest BCUT2D eigenvalue weighted by atomic mass is 10.1. The maximum atomic E-state index is 12.4. The maximum Gasteiger partial charge on any atom is 0.355 e. The SMILES string of the molecule is COC(=O)C1=C(C(=O)OC)N(c2ccc(Cn3cc(Br)cn3)cc2)C=CC=C1. The highest BCUT2D eigenvalue weighted by molar-refractivity contribution is 9.10. The van der Waals surface area contributed by atoms with E-state index in [1.165, 1.54) is 20.3 Å². The molecule has 2 aromatic rings. The standard InChI is InChI=1S/C20H18BrN3O4/c1-27-19(25)17-5-3-4-10-24(18(17)20(26)28-2)16-8-6-14(7-9-16)12-23-13-15(21)11-22-23/h3-11,13H,12H2,1-2H3.